The highest BCUT2D eigenvalue weighted by molar-refractivity contribution is 7.16. The minimum absolute atomic E-state index is 0.0878. The lowest BCUT2D eigenvalue weighted by atomic mass is 10.0. The molecule has 7 nitrogen and oxygen atoms in total. The summed E-state index contributed by atoms with van der Waals surface area (Å²) < 4.78 is 6.86. The molecule has 0 spiro atoms. The lowest BCUT2D eigenvalue weighted by Gasteiger charge is -2.13. The number of aromatic nitrogens is 4. The number of aryl methyl sites for hydroxylation is 1. The molecule has 0 aliphatic carbocycles. The molecule has 0 radical (unpaired) electrons. The van der Waals surface area contributed by atoms with Crippen LogP contribution in [0.1, 0.15) is 28.5 Å². The van der Waals surface area contributed by atoms with E-state index in [9.17, 15) is 4.79 Å². The molecule has 30 heavy (non-hydrogen) atoms. The van der Waals surface area contributed by atoms with Crippen molar-refractivity contribution in [3.05, 3.63) is 64.9 Å². The maximum Gasteiger partial charge on any atom is 0.270 e. The van der Waals surface area contributed by atoms with E-state index in [1.807, 2.05) is 56.0 Å². The lowest BCUT2D eigenvalue weighted by Crippen LogP contribution is -2.36. The number of fused-ring (bicyclic) bond motifs is 1. The number of nitrogens with zero attached hydrogens (tertiary/aromatic N) is 4. The van der Waals surface area contributed by atoms with Gasteiger partial charge in [-0.15, -0.1) is 11.3 Å². The van der Waals surface area contributed by atoms with Gasteiger partial charge in [0.1, 0.15) is 16.2 Å². The van der Waals surface area contributed by atoms with Gasteiger partial charge in [0.2, 0.25) is 0 Å². The summed E-state index contributed by atoms with van der Waals surface area (Å²) in [5, 5.41) is 10.4. The highest BCUT2D eigenvalue weighted by atomic mass is 32.1. The van der Waals surface area contributed by atoms with Crippen molar-refractivity contribution in [1.82, 2.24) is 25.1 Å². The van der Waals surface area contributed by atoms with E-state index in [4.69, 9.17) is 4.74 Å². The molecule has 0 fully saturated rings. The molecule has 0 aliphatic heterocycles. The molecular formula is C22H23N5O2S. The molecule has 0 bridgehead atoms. The van der Waals surface area contributed by atoms with Crippen LogP contribution in [0.15, 0.2) is 48.1 Å². The van der Waals surface area contributed by atoms with Gasteiger partial charge in [-0.05, 0) is 54.1 Å². The van der Waals surface area contributed by atoms with E-state index in [1.54, 1.807) is 11.8 Å². The molecular weight excluding hydrogens is 398 g/mol. The van der Waals surface area contributed by atoms with Crippen molar-refractivity contribution in [2.75, 3.05) is 13.7 Å². The van der Waals surface area contributed by atoms with Crippen molar-refractivity contribution >= 4 is 27.5 Å². The smallest absolute Gasteiger partial charge is 0.270 e. The van der Waals surface area contributed by atoms with Crippen molar-refractivity contribution in [3.63, 3.8) is 0 Å². The molecule has 4 aromatic rings. The molecule has 0 aliphatic rings. The van der Waals surface area contributed by atoms with Crippen molar-refractivity contribution in [3.8, 4) is 11.4 Å². The number of rotatable bonds is 7. The second-order valence-corrected chi connectivity index (χ2v) is 8.13. The van der Waals surface area contributed by atoms with Crippen LogP contribution in [-0.4, -0.2) is 45.4 Å². The molecule has 4 heterocycles. The Morgan fingerprint density at radius 1 is 1.27 bits per heavy atom. The topological polar surface area (TPSA) is 81.9 Å². The third kappa shape index (κ3) is 4.39. The zero-order valence-corrected chi connectivity index (χ0v) is 17.9. The van der Waals surface area contributed by atoms with E-state index < -0.39 is 0 Å². The first-order valence-electron chi connectivity index (χ1n) is 9.65. The average molecular weight is 422 g/mol. The van der Waals surface area contributed by atoms with Crippen LogP contribution in [0.5, 0.6) is 0 Å². The Labute approximate surface area is 178 Å². The quantitative estimate of drug-likeness (QED) is 0.494. The molecule has 4 aromatic heterocycles. The maximum absolute atomic E-state index is 12.7. The van der Waals surface area contributed by atoms with Crippen LogP contribution in [0.25, 0.3) is 21.6 Å². The third-order valence-electron chi connectivity index (χ3n) is 4.75. The van der Waals surface area contributed by atoms with Gasteiger partial charge in [0.05, 0.1) is 12.3 Å². The number of hydrogen-bond donors (Lipinski definition) is 1. The lowest BCUT2D eigenvalue weighted by molar-refractivity contribution is 0.0901. The Kier molecular flexibility index (Phi) is 5.87. The van der Waals surface area contributed by atoms with E-state index in [0.717, 1.165) is 32.7 Å². The number of nitrogens with one attached hydrogen (secondary N) is 1. The zero-order chi connectivity index (χ0) is 21.1. The summed E-state index contributed by atoms with van der Waals surface area (Å²) in [6.45, 7) is 2.36. The summed E-state index contributed by atoms with van der Waals surface area (Å²) in [7, 11) is 3.50. The summed E-state index contributed by atoms with van der Waals surface area (Å²) in [6, 6.07) is 9.80. The molecule has 1 atom stereocenters. The molecule has 154 valence electrons. The Morgan fingerprint density at radius 2 is 2.13 bits per heavy atom. The van der Waals surface area contributed by atoms with Gasteiger partial charge in [0.15, 0.2) is 0 Å². The second kappa shape index (κ2) is 8.73. The minimum atomic E-state index is -0.195. The van der Waals surface area contributed by atoms with Crippen LogP contribution < -0.4 is 5.32 Å². The standard InChI is InChI=1S/C22H23N5O2S/c1-14(13-29-3)24-21(28)20-11-16(17-7-9-30-22(17)25-20)10-15-4-5-18(23-12-15)19-6-8-27(2)26-19/h4-9,11-12,14H,10,13H2,1-3H3,(H,24,28). The van der Waals surface area contributed by atoms with E-state index >= 15 is 0 Å². The van der Waals surface area contributed by atoms with Gasteiger partial charge in [-0.1, -0.05) is 6.07 Å². The van der Waals surface area contributed by atoms with Crippen molar-refractivity contribution in [1.29, 1.82) is 0 Å². The van der Waals surface area contributed by atoms with Gasteiger partial charge in [-0.25, -0.2) is 4.98 Å². The summed E-state index contributed by atoms with van der Waals surface area (Å²) in [5.74, 6) is -0.195. The number of ether oxygens (including phenoxy) is 1. The van der Waals surface area contributed by atoms with Crippen molar-refractivity contribution in [2.45, 2.75) is 19.4 Å². The molecule has 1 unspecified atom stereocenters. The van der Waals surface area contributed by atoms with E-state index in [-0.39, 0.29) is 11.9 Å². The average Bonchev–Trinajstić information content (AvgIpc) is 3.37. The number of carbonyl (C=O) groups excluding carboxylic acids is 1. The first-order chi connectivity index (χ1) is 14.5. The molecule has 1 N–H and O–H groups in total. The highest BCUT2D eigenvalue weighted by Gasteiger charge is 2.15. The number of thiophene rings is 1. The third-order valence-corrected chi connectivity index (χ3v) is 5.55. The van der Waals surface area contributed by atoms with Gasteiger partial charge in [0, 0.05) is 38.0 Å². The van der Waals surface area contributed by atoms with Crippen molar-refractivity contribution in [2.24, 2.45) is 7.05 Å². The molecule has 4 rings (SSSR count). The fraction of sp³-hybridized carbons (Fsp3) is 0.273. The predicted octanol–water partition coefficient (Wildman–Crippen LogP) is 3.45. The van der Waals surface area contributed by atoms with Crippen LogP contribution >= 0.6 is 11.3 Å². The predicted molar refractivity (Wildman–Crippen MR) is 118 cm³/mol. The maximum atomic E-state index is 12.7. The normalized spacial score (nSPS) is 12.2. The molecule has 0 saturated carbocycles. The fourth-order valence-corrected chi connectivity index (χ4v) is 4.13. The summed E-state index contributed by atoms with van der Waals surface area (Å²) in [4.78, 5) is 22.6. The number of pyridine rings is 2. The summed E-state index contributed by atoms with van der Waals surface area (Å²) in [6.07, 6.45) is 4.43. The van der Waals surface area contributed by atoms with Crippen LogP contribution in [0.3, 0.4) is 0 Å². The zero-order valence-electron chi connectivity index (χ0n) is 17.1. The largest absolute Gasteiger partial charge is 0.383 e. The van der Waals surface area contributed by atoms with E-state index in [1.165, 1.54) is 11.3 Å². The SMILES string of the molecule is COCC(C)NC(=O)c1cc(Cc2ccc(-c3ccn(C)n3)nc2)c2ccsc2n1. The van der Waals surface area contributed by atoms with E-state index in [0.29, 0.717) is 18.7 Å². The second-order valence-electron chi connectivity index (χ2n) is 7.24. The van der Waals surface area contributed by atoms with Gasteiger partial charge < -0.3 is 10.1 Å². The van der Waals surface area contributed by atoms with Crippen molar-refractivity contribution < 1.29 is 9.53 Å². The number of hydrogen-bond acceptors (Lipinski definition) is 6. The van der Waals surface area contributed by atoms with Gasteiger partial charge in [-0.2, -0.15) is 5.10 Å². The van der Waals surface area contributed by atoms with E-state index in [2.05, 4.69) is 26.4 Å². The summed E-state index contributed by atoms with van der Waals surface area (Å²) >= 11 is 1.53. The minimum Gasteiger partial charge on any atom is -0.383 e. The summed E-state index contributed by atoms with van der Waals surface area (Å²) in [5.41, 5.74) is 4.21. The van der Waals surface area contributed by atoms with Gasteiger partial charge in [-0.3, -0.25) is 14.5 Å². The number of methoxy groups -OCH3 is 1. The Balaban J connectivity index is 1.59. The molecule has 8 heteroatoms. The highest BCUT2D eigenvalue weighted by Crippen LogP contribution is 2.26. The van der Waals surface area contributed by atoms with Crippen LogP contribution in [0.4, 0.5) is 0 Å². The number of amides is 1. The van der Waals surface area contributed by atoms with Gasteiger partial charge in [0.25, 0.3) is 5.91 Å². The Hall–Kier alpha value is -3.10. The van der Waals surface area contributed by atoms with Crippen LogP contribution in [0.2, 0.25) is 0 Å². The van der Waals surface area contributed by atoms with Crippen LogP contribution in [0, 0.1) is 0 Å². The molecule has 1 amide bonds. The first-order valence-corrected chi connectivity index (χ1v) is 10.5. The number of carbonyl (C=O) groups is 1. The molecule has 0 saturated heterocycles. The fourth-order valence-electron chi connectivity index (χ4n) is 3.32. The molecule has 0 aromatic carbocycles. The van der Waals surface area contributed by atoms with Crippen LogP contribution in [-0.2, 0) is 18.2 Å². The Bertz CT molecular complexity index is 1170. The van der Waals surface area contributed by atoms with Gasteiger partial charge >= 0.3 is 0 Å². The monoisotopic (exact) mass is 421 g/mol. The Morgan fingerprint density at radius 3 is 2.83 bits per heavy atom. The first kappa shape index (κ1) is 20.2.